The molecule has 0 aromatic carbocycles. The predicted molar refractivity (Wildman–Crippen MR) is 56.8 cm³/mol. The second-order valence-corrected chi connectivity index (χ2v) is 3.74. The summed E-state index contributed by atoms with van der Waals surface area (Å²) in [6.45, 7) is 3.21. The lowest BCUT2D eigenvalue weighted by Gasteiger charge is -2.18. The minimum Gasteiger partial charge on any atom is -0.308 e. The summed E-state index contributed by atoms with van der Waals surface area (Å²) < 4.78 is 0. The number of hydrogen-bond acceptors (Lipinski definition) is 2. The molecule has 0 aromatic heterocycles. The van der Waals surface area contributed by atoms with Gasteiger partial charge in [-0.3, -0.25) is 0 Å². The molecule has 72 valence electrons. The number of likely N-dealkylation sites (N-methyl/N-ethyl adjacent to an activating group) is 2. The van der Waals surface area contributed by atoms with Crippen molar-refractivity contribution in [2.24, 2.45) is 0 Å². The van der Waals surface area contributed by atoms with Gasteiger partial charge in [0, 0.05) is 25.2 Å². The van der Waals surface area contributed by atoms with Crippen LogP contribution in [0.25, 0.3) is 0 Å². The first-order chi connectivity index (χ1) is 6.18. The molecular formula is C11H18N2. The number of allylic oxidation sites excluding steroid dienone is 1. The van der Waals surface area contributed by atoms with Crippen molar-refractivity contribution in [3.05, 3.63) is 29.5 Å². The van der Waals surface area contributed by atoms with Crippen molar-refractivity contribution in [2.45, 2.75) is 0 Å². The van der Waals surface area contributed by atoms with Crippen LogP contribution in [-0.4, -0.2) is 50.6 Å². The van der Waals surface area contributed by atoms with Gasteiger partial charge in [0.05, 0.1) is 0 Å². The summed E-state index contributed by atoms with van der Waals surface area (Å²) in [4.78, 5) is 4.51. The first-order valence-electron chi connectivity index (χ1n) is 4.64. The fraction of sp³-hybridized carbons (Fsp3) is 0.545. The predicted octanol–water partition coefficient (Wildman–Crippen LogP) is 1.13. The topological polar surface area (TPSA) is 6.48 Å². The third-order valence-electron chi connectivity index (χ3n) is 2.03. The summed E-state index contributed by atoms with van der Waals surface area (Å²) in [6, 6.07) is 0. The molecule has 1 aliphatic carbocycles. The highest BCUT2D eigenvalue weighted by Gasteiger charge is 2.01. The molecule has 0 unspecified atom stereocenters. The molecule has 0 radical (unpaired) electrons. The Labute approximate surface area is 80.8 Å². The van der Waals surface area contributed by atoms with E-state index in [1.54, 1.807) is 0 Å². The van der Waals surface area contributed by atoms with E-state index in [2.05, 4.69) is 42.8 Å². The molecule has 0 spiro atoms. The van der Waals surface area contributed by atoms with Crippen molar-refractivity contribution in [1.82, 2.24) is 9.80 Å². The first-order valence-corrected chi connectivity index (χ1v) is 4.64. The van der Waals surface area contributed by atoms with Crippen LogP contribution in [-0.2, 0) is 0 Å². The SMILES string of the molecule is CN(C)CCN(C)CC1=C=CC=C1. The molecule has 1 rings (SSSR count). The summed E-state index contributed by atoms with van der Waals surface area (Å²) in [5.41, 5.74) is 4.48. The first kappa shape index (κ1) is 10.3. The molecule has 0 heterocycles. The van der Waals surface area contributed by atoms with Crippen LogP contribution in [0.4, 0.5) is 0 Å². The number of nitrogens with zero attached hydrogens (tertiary/aromatic N) is 2. The monoisotopic (exact) mass is 178 g/mol. The second-order valence-electron chi connectivity index (χ2n) is 3.74. The average molecular weight is 178 g/mol. The van der Waals surface area contributed by atoms with E-state index in [-0.39, 0.29) is 0 Å². The zero-order valence-corrected chi connectivity index (χ0v) is 8.75. The molecule has 0 saturated carbocycles. The highest BCUT2D eigenvalue weighted by Crippen LogP contribution is 2.02. The molecule has 0 saturated heterocycles. The molecule has 0 N–H and O–H groups in total. The van der Waals surface area contributed by atoms with E-state index in [0.717, 1.165) is 19.6 Å². The number of hydrogen-bond donors (Lipinski definition) is 0. The third kappa shape index (κ3) is 4.09. The van der Waals surface area contributed by atoms with Crippen LogP contribution >= 0.6 is 0 Å². The van der Waals surface area contributed by atoms with Crippen LogP contribution in [0.15, 0.2) is 29.5 Å². The van der Waals surface area contributed by atoms with Gasteiger partial charge in [-0.25, -0.2) is 0 Å². The van der Waals surface area contributed by atoms with Crippen molar-refractivity contribution in [2.75, 3.05) is 40.8 Å². The van der Waals surface area contributed by atoms with Crippen LogP contribution in [0.5, 0.6) is 0 Å². The summed E-state index contributed by atoms with van der Waals surface area (Å²) in [7, 11) is 6.34. The van der Waals surface area contributed by atoms with Gasteiger partial charge in [-0.2, -0.15) is 0 Å². The normalized spacial score (nSPS) is 14.7. The summed E-state index contributed by atoms with van der Waals surface area (Å²) in [5, 5.41) is 0. The number of rotatable bonds is 5. The maximum absolute atomic E-state index is 3.20. The van der Waals surface area contributed by atoms with Gasteiger partial charge < -0.3 is 9.80 Å². The summed E-state index contributed by atoms with van der Waals surface area (Å²) >= 11 is 0. The van der Waals surface area contributed by atoms with Crippen molar-refractivity contribution in [1.29, 1.82) is 0 Å². The lowest BCUT2D eigenvalue weighted by atomic mass is 10.3. The molecule has 13 heavy (non-hydrogen) atoms. The maximum atomic E-state index is 3.20. The van der Waals surface area contributed by atoms with Crippen LogP contribution in [0, 0.1) is 0 Å². The Morgan fingerprint density at radius 1 is 1.23 bits per heavy atom. The minimum atomic E-state index is 1.00. The fourth-order valence-electron chi connectivity index (χ4n) is 1.21. The van der Waals surface area contributed by atoms with E-state index in [1.807, 2.05) is 12.2 Å². The Morgan fingerprint density at radius 3 is 2.54 bits per heavy atom. The summed E-state index contributed by atoms with van der Waals surface area (Å²) in [5.74, 6) is 0. The largest absolute Gasteiger partial charge is 0.308 e. The van der Waals surface area contributed by atoms with Crippen molar-refractivity contribution in [3.63, 3.8) is 0 Å². The van der Waals surface area contributed by atoms with Gasteiger partial charge in [-0.15, -0.1) is 5.73 Å². The van der Waals surface area contributed by atoms with E-state index < -0.39 is 0 Å². The lowest BCUT2D eigenvalue weighted by molar-refractivity contribution is 0.299. The molecular weight excluding hydrogens is 160 g/mol. The quantitative estimate of drug-likeness (QED) is 0.582. The lowest BCUT2D eigenvalue weighted by Crippen LogP contribution is -2.29. The molecule has 0 atom stereocenters. The summed E-state index contributed by atoms with van der Waals surface area (Å²) in [6.07, 6.45) is 6.12. The van der Waals surface area contributed by atoms with E-state index in [1.165, 1.54) is 5.57 Å². The van der Waals surface area contributed by atoms with Gasteiger partial charge in [-0.05, 0) is 33.3 Å². The van der Waals surface area contributed by atoms with Gasteiger partial charge >= 0.3 is 0 Å². The smallest absolute Gasteiger partial charge is 0.0304 e. The zero-order chi connectivity index (χ0) is 9.68. The van der Waals surface area contributed by atoms with Gasteiger partial charge in [-0.1, -0.05) is 6.08 Å². The van der Waals surface area contributed by atoms with Gasteiger partial charge in [0.15, 0.2) is 0 Å². The van der Waals surface area contributed by atoms with Crippen molar-refractivity contribution in [3.8, 4) is 0 Å². The molecule has 0 amide bonds. The molecule has 0 aromatic rings. The Balaban J connectivity index is 2.21. The van der Waals surface area contributed by atoms with E-state index in [9.17, 15) is 0 Å². The Morgan fingerprint density at radius 2 is 2.00 bits per heavy atom. The van der Waals surface area contributed by atoms with Crippen LogP contribution in [0.2, 0.25) is 0 Å². The second kappa shape index (κ2) is 5.03. The highest BCUT2D eigenvalue weighted by molar-refractivity contribution is 5.29. The van der Waals surface area contributed by atoms with Gasteiger partial charge in [0.25, 0.3) is 0 Å². The van der Waals surface area contributed by atoms with E-state index in [4.69, 9.17) is 0 Å². The molecule has 2 heteroatoms. The molecule has 0 bridgehead atoms. The third-order valence-corrected chi connectivity index (χ3v) is 2.03. The fourth-order valence-corrected chi connectivity index (χ4v) is 1.21. The highest BCUT2D eigenvalue weighted by atomic mass is 15.1. The van der Waals surface area contributed by atoms with Crippen molar-refractivity contribution < 1.29 is 0 Å². The Bertz CT molecular complexity index is 245. The van der Waals surface area contributed by atoms with E-state index in [0.29, 0.717) is 0 Å². The van der Waals surface area contributed by atoms with Crippen LogP contribution in [0.3, 0.4) is 0 Å². The zero-order valence-electron chi connectivity index (χ0n) is 8.75. The standard InChI is InChI=1S/C11H18N2/c1-12(2)8-9-13(3)10-11-6-4-5-7-11/h4-6H,8-10H2,1-3H3. The minimum absolute atomic E-state index is 1.00. The molecule has 0 aliphatic heterocycles. The molecule has 2 nitrogen and oxygen atoms in total. The van der Waals surface area contributed by atoms with Crippen LogP contribution < -0.4 is 0 Å². The van der Waals surface area contributed by atoms with Gasteiger partial charge in [0.1, 0.15) is 0 Å². The molecule has 1 aliphatic rings. The Hall–Kier alpha value is -0.820. The molecule has 0 fully saturated rings. The maximum Gasteiger partial charge on any atom is 0.0304 e. The average Bonchev–Trinajstić information content (AvgIpc) is 2.53. The van der Waals surface area contributed by atoms with Gasteiger partial charge in [0.2, 0.25) is 0 Å². The van der Waals surface area contributed by atoms with E-state index >= 15 is 0 Å². The van der Waals surface area contributed by atoms with Crippen LogP contribution in [0.1, 0.15) is 0 Å². The Kier molecular flexibility index (Phi) is 3.97. The van der Waals surface area contributed by atoms with Crippen molar-refractivity contribution >= 4 is 0 Å².